The zero-order valence-electron chi connectivity index (χ0n) is 8.26. The lowest BCUT2D eigenvalue weighted by atomic mass is 10.2. The van der Waals surface area contributed by atoms with Crippen LogP contribution in [0, 0.1) is 3.57 Å². The topological polar surface area (TPSA) is 24.4 Å². The van der Waals surface area contributed by atoms with Crippen LogP contribution in [0.5, 0.6) is 0 Å². The van der Waals surface area contributed by atoms with E-state index in [1.54, 1.807) is 0 Å². The Morgan fingerprint density at radius 2 is 2.20 bits per heavy atom. The molecule has 2 nitrogen and oxygen atoms in total. The number of halogens is 2. The summed E-state index contributed by atoms with van der Waals surface area (Å²) in [5, 5.41) is 4.05. The van der Waals surface area contributed by atoms with Crippen LogP contribution >= 0.6 is 34.2 Å². The number of amidine groups is 1. The van der Waals surface area contributed by atoms with Crippen molar-refractivity contribution < 1.29 is 0 Å². The van der Waals surface area contributed by atoms with Crippen LogP contribution in [0.1, 0.15) is 19.3 Å². The van der Waals surface area contributed by atoms with Crippen LogP contribution in [0.3, 0.4) is 0 Å². The molecule has 1 aromatic rings. The molecular weight excluding hydrogens is 322 g/mol. The van der Waals surface area contributed by atoms with Gasteiger partial charge >= 0.3 is 0 Å². The molecule has 2 rings (SSSR count). The molecule has 4 heteroatoms. The van der Waals surface area contributed by atoms with Gasteiger partial charge in [-0.2, -0.15) is 0 Å². The van der Waals surface area contributed by atoms with Crippen LogP contribution in [0.2, 0.25) is 5.02 Å². The van der Waals surface area contributed by atoms with E-state index in [1.165, 1.54) is 12.8 Å². The van der Waals surface area contributed by atoms with E-state index in [9.17, 15) is 0 Å². The largest absolute Gasteiger partial charge is 0.343 e. The van der Waals surface area contributed by atoms with Crippen LogP contribution in [-0.2, 0) is 0 Å². The van der Waals surface area contributed by atoms with Gasteiger partial charge in [0.2, 0.25) is 0 Å². The van der Waals surface area contributed by atoms with E-state index in [0.29, 0.717) is 0 Å². The monoisotopic (exact) mass is 334 g/mol. The zero-order chi connectivity index (χ0) is 10.7. The van der Waals surface area contributed by atoms with Gasteiger partial charge in [0.1, 0.15) is 5.84 Å². The van der Waals surface area contributed by atoms with Crippen molar-refractivity contribution in [1.29, 1.82) is 0 Å². The summed E-state index contributed by atoms with van der Waals surface area (Å²) in [5.41, 5.74) is 0.956. The molecule has 0 amide bonds. The number of anilines is 1. The van der Waals surface area contributed by atoms with E-state index in [2.05, 4.69) is 32.9 Å². The molecule has 0 saturated heterocycles. The molecule has 0 bridgehead atoms. The van der Waals surface area contributed by atoms with Crippen molar-refractivity contribution in [3.63, 3.8) is 0 Å². The summed E-state index contributed by atoms with van der Waals surface area (Å²) >= 11 is 8.38. The van der Waals surface area contributed by atoms with Gasteiger partial charge in [0.25, 0.3) is 0 Å². The molecule has 80 valence electrons. The fourth-order valence-electron chi connectivity index (χ4n) is 1.55. The molecule has 0 radical (unpaired) electrons. The molecule has 0 spiro atoms. The molecule has 0 unspecified atom stereocenters. The van der Waals surface area contributed by atoms with E-state index in [-0.39, 0.29) is 0 Å². The molecule has 1 heterocycles. The first-order valence-electron chi connectivity index (χ1n) is 5.01. The Bertz CT molecular complexity index is 390. The number of nitrogens with zero attached hydrogens (tertiary/aromatic N) is 1. The second kappa shape index (κ2) is 5.16. The fourth-order valence-corrected chi connectivity index (χ4v) is 2.45. The minimum atomic E-state index is 0.759. The van der Waals surface area contributed by atoms with Gasteiger partial charge in [0, 0.05) is 16.5 Å². The van der Waals surface area contributed by atoms with E-state index in [4.69, 9.17) is 11.6 Å². The van der Waals surface area contributed by atoms with Crippen molar-refractivity contribution in [2.75, 3.05) is 11.9 Å². The molecule has 1 aliphatic heterocycles. The highest BCUT2D eigenvalue weighted by Gasteiger charge is 2.07. The smallest absolute Gasteiger partial charge is 0.101 e. The molecule has 0 aliphatic carbocycles. The van der Waals surface area contributed by atoms with Gasteiger partial charge in [-0.25, -0.2) is 0 Å². The van der Waals surface area contributed by atoms with Crippen molar-refractivity contribution in [3.05, 3.63) is 26.8 Å². The van der Waals surface area contributed by atoms with Crippen LogP contribution in [0.4, 0.5) is 5.69 Å². The Hall–Kier alpha value is -0.290. The quantitative estimate of drug-likeness (QED) is 0.773. The van der Waals surface area contributed by atoms with Crippen LogP contribution < -0.4 is 5.32 Å². The van der Waals surface area contributed by atoms with Gasteiger partial charge in [-0.05, 0) is 53.6 Å². The summed E-state index contributed by atoms with van der Waals surface area (Å²) in [5.74, 6) is 1.06. The van der Waals surface area contributed by atoms with Crippen molar-refractivity contribution in [3.8, 4) is 0 Å². The average Bonchev–Trinajstić information content (AvgIpc) is 2.24. The van der Waals surface area contributed by atoms with Gasteiger partial charge in [-0.1, -0.05) is 11.6 Å². The summed E-state index contributed by atoms with van der Waals surface area (Å²) in [4.78, 5) is 4.43. The molecule has 1 N–H and O–H groups in total. The van der Waals surface area contributed by atoms with Gasteiger partial charge < -0.3 is 5.32 Å². The Kier molecular flexibility index (Phi) is 3.86. The molecular formula is C11H12ClIN2. The molecule has 1 aliphatic rings. The van der Waals surface area contributed by atoms with Crippen molar-refractivity contribution in [1.82, 2.24) is 0 Å². The minimum absolute atomic E-state index is 0.759. The molecule has 0 fully saturated rings. The molecule has 0 saturated carbocycles. The Labute approximate surface area is 108 Å². The van der Waals surface area contributed by atoms with Gasteiger partial charge in [0.15, 0.2) is 0 Å². The Balaban J connectivity index is 2.13. The van der Waals surface area contributed by atoms with Crippen LogP contribution in [0.15, 0.2) is 23.2 Å². The van der Waals surface area contributed by atoms with E-state index < -0.39 is 0 Å². The van der Waals surface area contributed by atoms with Crippen molar-refractivity contribution >= 4 is 45.7 Å². The third kappa shape index (κ3) is 3.08. The summed E-state index contributed by atoms with van der Waals surface area (Å²) in [7, 11) is 0. The zero-order valence-corrected chi connectivity index (χ0v) is 11.2. The number of rotatable bonds is 1. The lowest BCUT2D eigenvalue weighted by molar-refractivity contribution is 0.737. The third-order valence-corrected chi connectivity index (χ3v) is 3.32. The Morgan fingerprint density at radius 1 is 1.33 bits per heavy atom. The first-order valence-corrected chi connectivity index (χ1v) is 6.47. The maximum absolute atomic E-state index is 6.13. The minimum Gasteiger partial charge on any atom is -0.343 e. The normalized spacial score (nSPS) is 16.0. The summed E-state index contributed by atoms with van der Waals surface area (Å²) in [6, 6.07) is 5.99. The first kappa shape index (κ1) is 11.2. The number of benzene rings is 1. The van der Waals surface area contributed by atoms with E-state index >= 15 is 0 Å². The summed E-state index contributed by atoms with van der Waals surface area (Å²) < 4.78 is 1.15. The van der Waals surface area contributed by atoms with Gasteiger partial charge in [-0.15, -0.1) is 0 Å². The maximum Gasteiger partial charge on any atom is 0.101 e. The van der Waals surface area contributed by atoms with Crippen LogP contribution in [0.25, 0.3) is 0 Å². The summed E-state index contributed by atoms with van der Waals surface area (Å²) in [6.07, 6.45) is 3.45. The SMILES string of the molecule is Clc1cc(I)ccc1NC1=NCCCC1. The molecule has 0 atom stereocenters. The lowest BCUT2D eigenvalue weighted by Crippen LogP contribution is -2.16. The number of hydrogen-bond acceptors (Lipinski definition) is 2. The summed E-state index contributed by atoms with van der Waals surface area (Å²) in [6.45, 7) is 0.935. The second-order valence-electron chi connectivity index (χ2n) is 3.53. The standard InChI is InChI=1S/C11H12ClIN2/c12-9-7-8(13)4-5-10(9)15-11-3-1-2-6-14-11/h4-5,7H,1-3,6H2,(H,14,15). The van der Waals surface area contributed by atoms with Gasteiger partial charge in [0.05, 0.1) is 10.7 Å². The van der Waals surface area contributed by atoms with Crippen molar-refractivity contribution in [2.45, 2.75) is 19.3 Å². The van der Waals surface area contributed by atoms with Crippen LogP contribution in [-0.4, -0.2) is 12.4 Å². The highest BCUT2D eigenvalue weighted by Crippen LogP contribution is 2.24. The highest BCUT2D eigenvalue weighted by atomic mass is 127. The molecule has 15 heavy (non-hydrogen) atoms. The highest BCUT2D eigenvalue weighted by molar-refractivity contribution is 14.1. The first-order chi connectivity index (χ1) is 7.25. The van der Waals surface area contributed by atoms with E-state index in [0.717, 1.165) is 33.1 Å². The lowest BCUT2D eigenvalue weighted by Gasteiger charge is -2.14. The predicted octanol–water partition coefficient (Wildman–Crippen LogP) is 3.94. The average molecular weight is 335 g/mol. The van der Waals surface area contributed by atoms with E-state index in [1.807, 2.05) is 18.2 Å². The molecule has 1 aromatic carbocycles. The molecule has 0 aromatic heterocycles. The number of nitrogens with one attached hydrogen (secondary N) is 1. The Morgan fingerprint density at radius 3 is 2.87 bits per heavy atom. The van der Waals surface area contributed by atoms with Gasteiger partial charge in [-0.3, -0.25) is 4.99 Å². The predicted molar refractivity (Wildman–Crippen MR) is 73.9 cm³/mol. The number of aliphatic imine (C=N–C) groups is 1. The fraction of sp³-hybridized carbons (Fsp3) is 0.364. The maximum atomic E-state index is 6.13. The van der Waals surface area contributed by atoms with Crippen molar-refractivity contribution in [2.24, 2.45) is 4.99 Å². The second-order valence-corrected chi connectivity index (χ2v) is 5.19. The number of hydrogen-bond donors (Lipinski definition) is 1. The third-order valence-electron chi connectivity index (χ3n) is 2.33.